The van der Waals surface area contributed by atoms with Crippen LogP contribution in [0.3, 0.4) is 0 Å². The van der Waals surface area contributed by atoms with Crippen LogP contribution in [-0.4, -0.2) is 15.1 Å². The normalized spacial score (nSPS) is 10.2. The molecule has 0 saturated carbocycles. The van der Waals surface area contributed by atoms with Crippen LogP contribution in [0.25, 0.3) is 29.0 Å². The average Bonchev–Trinajstić information content (AvgIpc) is 3.04. The van der Waals surface area contributed by atoms with Gasteiger partial charge in [-0.2, -0.15) is 10.2 Å². The minimum absolute atomic E-state index is 0.346. The summed E-state index contributed by atoms with van der Waals surface area (Å²) in [6.07, 6.45) is 3.37. The Kier molecular flexibility index (Phi) is 3.50. The highest BCUT2D eigenvalue weighted by Crippen LogP contribution is 2.24. The Bertz CT molecular complexity index is 890. The van der Waals surface area contributed by atoms with E-state index >= 15 is 0 Å². The fourth-order valence-electron chi connectivity index (χ4n) is 2.06. The van der Waals surface area contributed by atoms with Crippen molar-refractivity contribution in [3.05, 3.63) is 59.8 Å². The summed E-state index contributed by atoms with van der Waals surface area (Å²) in [5.41, 5.74) is 3.73. The van der Waals surface area contributed by atoms with Crippen LogP contribution in [0.1, 0.15) is 16.7 Å². The van der Waals surface area contributed by atoms with Gasteiger partial charge in [0.05, 0.1) is 11.6 Å². The SMILES string of the molecule is C=Cc1cc(C#N)cc(-c2nc(-c3cc(C)ccn3)no2)c1. The molecule has 0 saturated heterocycles. The largest absolute Gasteiger partial charge is 0.334 e. The maximum atomic E-state index is 9.08. The minimum Gasteiger partial charge on any atom is -0.334 e. The monoisotopic (exact) mass is 288 g/mol. The standard InChI is InChI=1S/C17H12N4O/c1-3-12-7-13(10-18)9-14(8-12)17-20-16(21-22-17)15-6-11(2)4-5-19-15/h3-9H,1H2,2H3. The van der Waals surface area contributed by atoms with E-state index in [1.165, 1.54) is 0 Å². The third-order valence-corrected chi connectivity index (χ3v) is 3.14. The predicted molar refractivity (Wildman–Crippen MR) is 82.5 cm³/mol. The Morgan fingerprint density at radius 1 is 1.27 bits per heavy atom. The summed E-state index contributed by atoms with van der Waals surface area (Å²) in [5, 5.41) is 13.0. The first-order chi connectivity index (χ1) is 10.7. The molecule has 0 fully saturated rings. The van der Waals surface area contributed by atoms with Gasteiger partial charge >= 0.3 is 0 Å². The Balaban J connectivity index is 2.04. The first-order valence-electron chi connectivity index (χ1n) is 6.64. The van der Waals surface area contributed by atoms with E-state index in [4.69, 9.17) is 9.78 Å². The first kappa shape index (κ1) is 13.7. The Morgan fingerprint density at radius 3 is 2.86 bits per heavy atom. The van der Waals surface area contributed by atoms with E-state index in [0.29, 0.717) is 28.5 Å². The van der Waals surface area contributed by atoms with Crippen molar-refractivity contribution in [3.8, 4) is 29.0 Å². The molecule has 5 heteroatoms. The Labute approximate surface area is 127 Å². The summed E-state index contributed by atoms with van der Waals surface area (Å²) in [7, 11) is 0. The molecular formula is C17H12N4O. The molecule has 2 heterocycles. The van der Waals surface area contributed by atoms with Crippen LogP contribution in [-0.2, 0) is 0 Å². The molecule has 0 bridgehead atoms. The number of aryl methyl sites for hydroxylation is 1. The van der Waals surface area contributed by atoms with Gasteiger partial charge < -0.3 is 4.52 Å². The molecule has 106 valence electrons. The summed E-state index contributed by atoms with van der Waals surface area (Å²) < 4.78 is 5.30. The lowest BCUT2D eigenvalue weighted by molar-refractivity contribution is 0.432. The molecule has 0 aliphatic rings. The van der Waals surface area contributed by atoms with E-state index in [-0.39, 0.29) is 0 Å². The highest BCUT2D eigenvalue weighted by atomic mass is 16.5. The second kappa shape index (κ2) is 5.62. The average molecular weight is 288 g/mol. The van der Waals surface area contributed by atoms with E-state index in [0.717, 1.165) is 11.1 Å². The van der Waals surface area contributed by atoms with Crippen LogP contribution in [0.5, 0.6) is 0 Å². The number of nitrogens with zero attached hydrogens (tertiary/aromatic N) is 4. The lowest BCUT2D eigenvalue weighted by Gasteiger charge is -1.99. The molecule has 2 aromatic heterocycles. The van der Waals surface area contributed by atoms with Crippen molar-refractivity contribution in [2.45, 2.75) is 6.92 Å². The van der Waals surface area contributed by atoms with E-state index in [1.54, 1.807) is 24.4 Å². The molecular weight excluding hydrogens is 276 g/mol. The number of aromatic nitrogens is 3. The molecule has 0 atom stereocenters. The summed E-state index contributed by atoms with van der Waals surface area (Å²) in [6, 6.07) is 11.2. The number of benzene rings is 1. The van der Waals surface area contributed by atoms with Crippen LogP contribution in [0.15, 0.2) is 47.6 Å². The second-order valence-corrected chi connectivity index (χ2v) is 4.80. The fraction of sp³-hybridized carbons (Fsp3) is 0.0588. The molecule has 5 nitrogen and oxygen atoms in total. The molecule has 3 rings (SSSR count). The van der Waals surface area contributed by atoms with Gasteiger partial charge in [0.15, 0.2) is 0 Å². The van der Waals surface area contributed by atoms with Crippen molar-refractivity contribution in [2.75, 3.05) is 0 Å². The molecule has 0 radical (unpaired) electrons. The number of rotatable bonds is 3. The maximum Gasteiger partial charge on any atom is 0.258 e. The summed E-state index contributed by atoms with van der Waals surface area (Å²) in [4.78, 5) is 8.59. The molecule has 3 aromatic rings. The number of nitriles is 1. The fourth-order valence-corrected chi connectivity index (χ4v) is 2.06. The molecule has 0 amide bonds. The molecule has 1 aromatic carbocycles. The Hall–Kier alpha value is -3.26. The van der Waals surface area contributed by atoms with Gasteiger partial charge in [-0.15, -0.1) is 0 Å². The quantitative estimate of drug-likeness (QED) is 0.735. The maximum absolute atomic E-state index is 9.08. The van der Waals surface area contributed by atoms with Gasteiger partial charge in [-0.1, -0.05) is 17.8 Å². The van der Waals surface area contributed by atoms with Gasteiger partial charge in [0.25, 0.3) is 5.89 Å². The number of hydrogen-bond acceptors (Lipinski definition) is 5. The van der Waals surface area contributed by atoms with E-state index in [2.05, 4.69) is 27.8 Å². The number of pyridine rings is 1. The third kappa shape index (κ3) is 2.63. The van der Waals surface area contributed by atoms with Crippen molar-refractivity contribution < 1.29 is 4.52 Å². The van der Waals surface area contributed by atoms with Crippen LogP contribution in [0, 0.1) is 18.3 Å². The van der Waals surface area contributed by atoms with E-state index in [1.807, 2.05) is 25.1 Å². The van der Waals surface area contributed by atoms with Gasteiger partial charge in [0.2, 0.25) is 5.82 Å². The van der Waals surface area contributed by atoms with Crippen LogP contribution >= 0.6 is 0 Å². The van der Waals surface area contributed by atoms with E-state index in [9.17, 15) is 0 Å². The minimum atomic E-state index is 0.346. The molecule has 22 heavy (non-hydrogen) atoms. The molecule has 0 unspecified atom stereocenters. The van der Waals surface area contributed by atoms with Crippen molar-refractivity contribution in [1.82, 2.24) is 15.1 Å². The van der Waals surface area contributed by atoms with Crippen molar-refractivity contribution in [2.24, 2.45) is 0 Å². The zero-order valence-corrected chi connectivity index (χ0v) is 11.9. The smallest absolute Gasteiger partial charge is 0.258 e. The summed E-state index contributed by atoms with van der Waals surface area (Å²) >= 11 is 0. The lowest BCUT2D eigenvalue weighted by atomic mass is 10.1. The van der Waals surface area contributed by atoms with Gasteiger partial charge in [0, 0.05) is 11.8 Å². The molecule has 0 spiro atoms. The summed E-state index contributed by atoms with van der Waals surface area (Å²) in [6.45, 7) is 5.69. The van der Waals surface area contributed by atoms with Gasteiger partial charge in [-0.05, 0) is 48.4 Å². The first-order valence-corrected chi connectivity index (χ1v) is 6.64. The highest BCUT2D eigenvalue weighted by molar-refractivity contribution is 5.65. The number of hydrogen-bond donors (Lipinski definition) is 0. The van der Waals surface area contributed by atoms with Gasteiger partial charge in [0.1, 0.15) is 5.69 Å². The zero-order valence-electron chi connectivity index (χ0n) is 11.9. The van der Waals surface area contributed by atoms with Gasteiger partial charge in [-0.3, -0.25) is 4.98 Å². The zero-order chi connectivity index (χ0) is 15.5. The molecule has 0 aliphatic heterocycles. The van der Waals surface area contributed by atoms with E-state index < -0.39 is 0 Å². The molecule has 0 aliphatic carbocycles. The van der Waals surface area contributed by atoms with Crippen molar-refractivity contribution in [1.29, 1.82) is 5.26 Å². The molecule has 0 N–H and O–H groups in total. The highest BCUT2D eigenvalue weighted by Gasteiger charge is 2.13. The van der Waals surface area contributed by atoms with Crippen LogP contribution < -0.4 is 0 Å². The van der Waals surface area contributed by atoms with Crippen molar-refractivity contribution in [3.63, 3.8) is 0 Å². The van der Waals surface area contributed by atoms with Crippen LogP contribution in [0.4, 0.5) is 0 Å². The topological polar surface area (TPSA) is 75.6 Å². The summed E-state index contributed by atoms with van der Waals surface area (Å²) in [5.74, 6) is 0.764. The lowest BCUT2D eigenvalue weighted by Crippen LogP contribution is -1.87. The predicted octanol–water partition coefficient (Wildman–Crippen LogP) is 3.62. The van der Waals surface area contributed by atoms with Crippen molar-refractivity contribution >= 4 is 6.08 Å². The van der Waals surface area contributed by atoms with Crippen LogP contribution in [0.2, 0.25) is 0 Å². The third-order valence-electron chi connectivity index (χ3n) is 3.14. The Morgan fingerprint density at radius 2 is 2.14 bits per heavy atom. The second-order valence-electron chi connectivity index (χ2n) is 4.80. The van der Waals surface area contributed by atoms with Gasteiger partial charge in [-0.25, -0.2) is 0 Å².